The summed E-state index contributed by atoms with van der Waals surface area (Å²) in [5, 5.41) is 12.6. The van der Waals surface area contributed by atoms with Crippen LogP contribution < -0.4 is 19.5 Å². The molecule has 0 bridgehead atoms. The van der Waals surface area contributed by atoms with Crippen molar-refractivity contribution in [1.82, 2.24) is 9.80 Å². The third-order valence-electron chi connectivity index (χ3n) is 7.18. The van der Waals surface area contributed by atoms with Crippen molar-refractivity contribution >= 4 is 33.3 Å². The van der Waals surface area contributed by atoms with Gasteiger partial charge in [0.1, 0.15) is 23.4 Å². The van der Waals surface area contributed by atoms with Gasteiger partial charge in [-0.1, -0.05) is 6.92 Å². The number of aliphatic hydroxyl groups excluding tert-OH is 1. The molecule has 4 rings (SSSR count). The number of fused-ring (bicyclic) bond motifs is 1. The Hall–Kier alpha value is -4.36. The molecule has 3 aromatic carbocycles. The standard InChI is InChI=1S/C30H35FN4O7S/c1-19-16-35(20(2)18-36)29(37)26-15-23(33-43(39,40)25-12-10-24(41-4)11-13-25)9-14-27(26)42-28(19)17-34(3)30(38)32-22-7-5-21(31)6-8-22/h5-15,19-20,28,33,36H,16-18H2,1-4H3,(H,32,38)/t19-,20-,28-/m1/s1. The van der Waals surface area contributed by atoms with Gasteiger partial charge in [0, 0.05) is 30.9 Å². The number of amides is 3. The van der Waals surface area contributed by atoms with Crippen LogP contribution in [0.25, 0.3) is 0 Å². The van der Waals surface area contributed by atoms with Gasteiger partial charge in [0.25, 0.3) is 15.9 Å². The number of nitrogens with one attached hydrogen (secondary N) is 2. The molecule has 0 saturated carbocycles. The first kappa shape index (κ1) is 31.6. The number of sulfonamides is 1. The van der Waals surface area contributed by atoms with Crippen LogP contribution in [0.3, 0.4) is 0 Å². The van der Waals surface area contributed by atoms with E-state index in [4.69, 9.17) is 9.47 Å². The van der Waals surface area contributed by atoms with Crippen molar-refractivity contribution in [3.63, 3.8) is 0 Å². The van der Waals surface area contributed by atoms with E-state index in [1.165, 1.54) is 83.6 Å². The molecule has 3 aromatic rings. The molecule has 0 unspecified atom stereocenters. The summed E-state index contributed by atoms with van der Waals surface area (Å²) in [7, 11) is -0.923. The Labute approximate surface area is 250 Å². The van der Waals surface area contributed by atoms with E-state index >= 15 is 0 Å². The smallest absolute Gasteiger partial charge is 0.321 e. The zero-order valence-electron chi connectivity index (χ0n) is 24.3. The summed E-state index contributed by atoms with van der Waals surface area (Å²) in [5.41, 5.74) is 0.669. The first-order chi connectivity index (χ1) is 20.4. The number of halogens is 1. The number of ether oxygens (including phenoxy) is 2. The highest BCUT2D eigenvalue weighted by Crippen LogP contribution is 2.31. The van der Waals surface area contributed by atoms with E-state index in [0.29, 0.717) is 11.4 Å². The highest BCUT2D eigenvalue weighted by atomic mass is 32.2. The molecule has 230 valence electrons. The molecule has 13 heteroatoms. The summed E-state index contributed by atoms with van der Waals surface area (Å²) >= 11 is 0. The molecule has 3 N–H and O–H groups in total. The van der Waals surface area contributed by atoms with Crippen LogP contribution in [-0.2, 0) is 10.0 Å². The number of hydrogen-bond acceptors (Lipinski definition) is 7. The van der Waals surface area contributed by atoms with Crippen LogP contribution in [0.15, 0.2) is 71.6 Å². The fourth-order valence-corrected chi connectivity index (χ4v) is 5.63. The second-order valence-corrected chi connectivity index (χ2v) is 12.1. The number of benzene rings is 3. The summed E-state index contributed by atoms with van der Waals surface area (Å²) in [5.74, 6) is -0.412. The number of anilines is 2. The Kier molecular flexibility index (Phi) is 9.77. The van der Waals surface area contributed by atoms with Gasteiger partial charge in [-0.15, -0.1) is 0 Å². The molecule has 1 heterocycles. The monoisotopic (exact) mass is 614 g/mol. The minimum Gasteiger partial charge on any atom is -0.497 e. The van der Waals surface area contributed by atoms with E-state index in [0.717, 1.165) is 0 Å². The minimum absolute atomic E-state index is 0.00832. The number of hydrogen-bond donors (Lipinski definition) is 3. The topological polar surface area (TPSA) is 138 Å². The van der Waals surface area contributed by atoms with Crippen LogP contribution >= 0.6 is 0 Å². The normalized spacial score (nSPS) is 17.5. The lowest BCUT2D eigenvalue weighted by Gasteiger charge is -2.38. The van der Waals surface area contributed by atoms with E-state index in [2.05, 4.69) is 10.0 Å². The van der Waals surface area contributed by atoms with E-state index in [1.54, 1.807) is 14.0 Å². The largest absolute Gasteiger partial charge is 0.497 e. The molecule has 0 radical (unpaired) electrons. The Morgan fingerprint density at radius 3 is 2.42 bits per heavy atom. The number of urea groups is 1. The number of nitrogens with zero attached hydrogens (tertiary/aromatic N) is 2. The average Bonchev–Trinajstić information content (AvgIpc) is 2.99. The summed E-state index contributed by atoms with van der Waals surface area (Å²) < 4.78 is 53.2. The summed E-state index contributed by atoms with van der Waals surface area (Å²) in [4.78, 5) is 29.5. The van der Waals surface area contributed by atoms with Crippen LogP contribution in [0.2, 0.25) is 0 Å². The molecule has 0 aliphatic carbocycles. The molecular weight excluding hydrogens is 579 g/mol. The summed E-state index contributed by atoms with van der Waals surface area (Å²) in [6.07, 6.45) is -0.578. The summed E-state index contributed by atoms with van der Waals surface area (Å²) in [6, 6.07) is 14.7. The molecule has 43 heavy (non-hydrogen) atoms. The first-order valence-corrected chi connectivity index (χ1v) is 15.1. The maximum Gasteiger partial charge on any atom is 0.321 e. The molecule has 3 atom stereocenters. The summed E-state index contributed by atoms with van der Waals surface area (Å²) in [6.45, 7) is 3.64. The van der Waals surface area contributed by atoms with E-state index < -0.39 is 39.9 Å². The highest BCUT2D eigenvalue weighted by molar-refractivity contribution is 7.92. The van der Waals surface area contributed by atoms with Gasteiger partial charge in [-0.25, -0.2) is 17.6 Å². The average molecular weight is 615 g/mol. The predicted octanol–water partition coefficient (Wildman–Crippen LogP) is 4.02. The van der Waals surface area contributed by atoms with Gasteiger partial charge < -0.3 is 29.7 Å². The molecule has 1 aliphatic rings. The number of methoxy groups -OCH3 is 1. The number of likely N-dealkylation sites (N-methyl/N-ethyl adjacent to an activating group) is 1. The molecular formula is C30H35FN4O7S. The van der Waals surface area contributed by atoms with Gasteiger partial charge in [-0.2, -0.15) is 0 Å². The maximum atomic E-state index is 13.7. The zero-order valence-corrected chi connectivity index (χ0v) is 25.1. The minimum atomic E-state index is -3.99. The van der Waals surface area contributed by atoms with E-state index in [9.17, 15) is 27.5 Å². The van der Waals surface area contributed by atoms with Crippen molar-refractivity contribution in [2.24, 2.45) is 5.92 Å². The van der Waals surface area contributed by atoms with Crippen LogP contribution in [0.5, 0.6) is 11.5 Å². The highest BCUT2D eigenvalue weighted by Gasteiger charge is 2.34. The third-order valence-corrected chi connectivity index (χ3v) is 8.58. The molecule has 0 aromatic heterocycles. The second-order valence-electron chi connectivity index (χ2n) is 10.4. The van der Waals surface area contributed by atoms with Crippen molar-refractivity contribution in [3.8, 4) is 11.5 Å². The van der Waals surface area contributed by atoms with Crippen LogP contribution in [0, 0.1) is 11.7 Å². The van der Waals surface area contributed by atoms with Crippen molar-refractivity contribution < 1.29 is 37.0 Å². The zero-order chi connectivity index (χ0) is 31.3. The molecule has 3 amide bonds. The SMILES string of the molecule is COc1ccc(S(=O)(=O)Nc2ccc3c(c2)C(=O)N([C@H](C)CO)C[C@@H](C)[C@@H](CN(C)C(=O)Nc2ccc(F)cc2)O3)cc1. The molecule has 0 saturated heterocycles. The lowest BCUT2D eigenvalue weighted by Crippen LogP contribution is -2.50. The Balaban J connectivity index is 1.60. The number of carbonyl (C=O) groups is 2. The second kappa shape index (κ2) is 13.3. The Morgan fingerprint density at radius 1 is 1.14 bits per heavy atom. The fourth-order valence-electron chi connectivity index (χ4n) is 4.58. The van der Waals surface area contributed by atoms with Crippen molar-refractivity contribution in [3.05, 3.63) is 78.1 Å². The lowest BCUT2D eigenvalue weighted by molar-refractivity contribution is 0.0371. The Bertz CT molecular complexity index is 1550. The van der Waals surface area contributed by atoms with Crippen molar-refractivity contribution in [2.75, 3.05) is 43.9 Å². The molecule has 0 spiro atoms. The quantitative estimate of drug-likeness (QED) is 0.331. The number of aliphatic hydroxyl groups is 1. The predicted molar refractivity (Wildman–Crippen MR) is 159 cm³/mol. The number of rotatable bonds is 9. The molecule has 0 fully saturated rings. The van der Waals surface area contributed by atoms with E-state index in [-0.39, 0.29) is 47.5 Å². The maximum absolute atomic E-state index is 13.7. The van der Waals surface area contributed by atoms with Gasteiger partial charge in [-0.05, 0) is 73.7 Å². The van der Waals surface area contributed by atoms with Gasteiger partial charge >= 0.3 is 6.03 Å². The van der Waals surface area contributed by atoms with Crippen LogP contribution in [-0.4, -0.2) is 81.3 Å². The van der Waals surface area contributed by atoms with Crippen LogP contribution in [0.1, 0.15) is 24.2 Å². The third kappa shape index (κ3) is 7.54. The van der Waals surface area contributed by atoms with Crippen LogP contribution in [0.4, 0.5) is 20.6 Å². The Morgan fingerprint density at radius 2 is 1.79 bits per heavy atom. The van der Waals surface area contributed by atoms with Gasteiger partial charge in [0.2, 0.25) is 0 Å². The van der Waals surface area contributed by atoms with Gasteiger partial charge in [0.15, 0.2) is 0 Å². The lowest BCUT2D eigenvalue weighted by atomic mass is 9.99. The number of carbonyl (C=O) groups excluding carboxylic acids is 2. The molecule has 1 aliphatic heterocycles. The first-order valence-electron chi connectivity index (χ1n) is 13.6. The fraction of sp³-hybridized carbons (Fsp3) is 0.333. The van der Waals surface area contributed by atoms with Crippen molar-refractivity contribution in [2.45, 2.75) is 30.9 Å². The molecule has 11 nitrogen and oxygen atoms in total. The van der Waals surface area contributed by atoms with E-state index in [1.807, 2.05) is 6.92 Å². The van der Waals surface area contributed by atoms with Gasteiger partial charge in [-0.3, -0.25) is 9.52 Å². The van der Waals surface area contributed by atoms with Crippen molar-refractivity contribution in [1.29, 1.82) is 0 Å². The van der Waals surface area contributed by atoms with Gasteiger partial charge in [0.05, 0.1) is 36.8 Å².